The van der Waals surface area contributed by atoms with Gasteiger partial charge >= 0.3 is 5.97 Å². The average molecular weight is 1050 g/mol. The predicted molar refractivity (Wildman–Crippen MR) is 266 cm³/mol. The molecule has 4 aliphatic rings. The third kappa shape index (κ3) is 17.1. The lowest BCUT2D eigenvalue weighted by Gasteiger charge is -2.32. The molecule has 4 aliphatic heterocycles. The molecule has 4 rings (SSSR count). The van der Waals surface area contributed by atoms with Gasteiger partial charge in [0.05, 0.1) is 12.6 Å². The lowest BCUT2D eigenvalue weighted by molar-refractivity contribution is -0.149. The Hall–Kier alpha value is -6.84. The van der Waals surface area contributed by atoms with Gasteiger partial charge < -0.3 is 84.2 Å². The highest BCUT2D eigenvalue weighted by molar-refractivity contribution is 5.98. The van der Waals surface area contributed by atoms with Gasteiger partial charge in [0.1, 0.15) is 48.3 Å². The highest BCUT2D eigenvalue weighted by atomic mass is 16.4. The fraction of sp³-hybridized carbons (Fsp3) is 0.739. The Morgan fingerprint density at radius 1 is 0.568 bits per heavy atom. The van der Waals surface area contributed by atoms with Crippen LogP contribution in [0.15, 0.2) is 0 Å². The molecule has 28 nitrogen and oxygen atoms in total. The molecule has 0 aliphatic carbocycles. The van der Waals surface area contributed by atoms with Gasteiger partial charge in [-0.3, -0.25) is 54.0 Å². The third-order valence-electron chi connectivity index (χ3n) is 13.7. The standard InChI is InChI=1S/C46H78N16O12/c1-26(63)36(55-27(2)64)40(69)58-28(11-3-4-18-47)41(70)61-23-9-16-33(61)39(68)57-29(12-5-19-52-45(48)49)42(71)60-22-8-14-31(60)37(66)54-25-35(65)59-21-7-15-32(59)38(67)56-30(13-6-20-53-46(50)51)43(72)62-24-10-17-34(62)44(73)74/h26,28-34,36,63H,3-25,47H2,1-2H3,(H,54,66)(H,55,64)(H,56,67)(H,57,68)(H,58,69)(H,73,74)(H4,48,49,52)(H4,50,51,53)/t26-,28+,29+,30+,31+,32+,33+,34+,36+/m1/s1. The van der Waals surface area contributed by atoms with Crippen molar-refractivity contribution in [3.63, 3.8) is 0 Å². The van der Waals surface area contributed by atoms with Crippen molar-refractivity contribution in [2.24, 2.45) is 17.2 Å². The second-order valence-electron chi connectivity index (χ2n) is 19.2. The summed E-state index contributed by atoms with van der Waals surface area (Å²) in [6, 6.07) is -9.00. The Morgan fingerprint density at radius 3 is 1.41 bits per heavy atom. The van der Waals surface area contributed by atoms with Gasteiger partial charge in [0.25, 0.3) is 0 Å². The molecule has 4 fully saturated rings. The number of rotatable bonds is 27. The van der Waals surface area contributed by atoms with E-state index in [1.807, 2.05) is 0 Å². The average Bonchev–Trinajstić information content (AvgIpc) is 4.20. The summed E-state index contributed by atoms with van der Waals surface area (Å²) in [5, 5.41) is 53.4. The summed E-state index contributed by atoms with van der Waals surface area (Å²) in [6.07, 6.45) is 3.17. The first-order chi connectivity index (χ1) is 35.2. The molecule has 0 saturated carbocycles. The predicted octanol–water partition coefficient (Wildman–Crippen LogP) is -4.85. The largest absolute Gasteiger partial charge is 0.480 e. The van der Waals surface area contributed by atoms with Crippen LogP contribution >= 0.6 is 0 Å². The van der Waals surface area contributed by atoms with Gasteiger partial charge in [-0.15, -0.1) is 0 Å². The van der Waals surface area contributed by atoms with E-state index in [1.165, 1.54) is 33.4 Å². The number of aliphatic hydroxyl groups is 1. The van der Waals surface area contributed by atoms with Crippen LogP contribution in [0.5, 0.6) is 0 Å². The number of amides is 9. The fourth-order valence-electron chi connectivity index (χ4n) is 9.96. The van der Waals surface area contributed by atoms with Crippen LogP contribution in [-0.2, 0) is 47.9 Å². The van der Waals surface area contributed by atoms with E-state index < -0.39 is 120 Å². The molecule has 0 bridgehead atoms. The number of carboxylic acid groups (broad SMARTS) is 1. The van der Waals surface area contributed by atoms with Crippen LogP contribution < -0.4 is 54.4 Å². The van der Waals surface area contributed by atoms with Crippen molar-refractivity contribution in [3.8, 4) is 0 Å². The maximum absolute atomic E-state index is 14.4. The highest BCUT2D eigenvalue weighted by Crippen LogP contribution is 2.25. The van der Waals surface area contributed by atoms with E-state index in [2.05, 4.69) is 37.2 Å². The topological polar surface area (TPSA) is 434 Å². The molecule has 0 radical (unpaired) electrons. The van der Waals surface area contributed by atoms with Crippen molar-refractivity contribution in [2.45, 2.75) is 165 Å². The third-order valence-corrected chi connectivity index (χ3v) is 13.7. The number of unbranched alkanes of at least 4 members (excludes halogenated alkanes) is 1. The minimum atomic E-state index is -1.36. The van der Waals surface area contributed by atoms with Gasteiger partial charge in [-0.25, -0.2) is 4.79 Å². The Kier molecular flexibility index (Phi) is 23.5. The SMILES string of the molecule is CC(=O)N[C@H](C(=O)N[C@@H](CCCCN)C(=O)N1CCC[C@H]1C(=O)N[C@@H](CCCNC(=N)N)C(=O)N1CCC[C@H]1C(=O)NCC(=O)N1CCC[C@H]1C(=O)N[C@@H](CCCNC(=N)N)C(=O)N1CCC[C@H]1C(=O)O)[C@@H](C)O. The number of nitrogens with one attached hydrogen (secondary N) is 9. The molecule has 9 atom stereocenters. The maximum atomic E-state index is 14.4. The molecule has 0 spiro atoms. The van der Waals surface area contributed by atoms with Crippen molar-refractivity contribution < 1.29 is 58.2 Å². The Bertz CT molecular complexity index is 2060. The summed E-state index contributed by atoms with van der Waals surface area (Å²) < 4.78 is 0. The van der Waals surface area contributed by atoms with E-state index in [0.717, 1.165) is 0 Å². The number of hydrogen-bond acceptors (Lipinski definition) is 14. The number of likely N-dealkylation sites (tertiary alicyclic amines) is 4. The van der Waals surface area contributed by atoms with Gasteiger partial charge in [-0.2, -0.15) is 0 Å². The van der Waals surface area contributed by atoms with E-state index in [0.29, 0.717) is 51.5 Å². The number of carbonyl (C=O) groups excluding carboxylic acids is 9. The van der Waals surface area contributed by atoms with Crippen LogP contribution in [0.25, 0.3) is 0 Å². The van der Waals surface area contributed by atoms with E-state index in [9.17, 15) is 58.2 Å². The lowest BCUT2D eigenvalue weighted by atomic mass is 10.0. The van der Waals surface area contributed by atoms with Crippen molar-refractivity contribution in [1.82, 2.24) is 56.8 Å². The van der Waals surface area contributed by atoms with Crippen LogP contribution in [0, 0.1) is 10.8 Å². The fourth-order valence-corrected chi connectivity index (χ4v) is 9.96. The van der Waals surface area contributed by atoms with Crippen LogP contribution in [0.2, 0.25) is 0 Å². The van der Waals surface area contributed by atoms with Gasteiger partial charge in [-0.1, -0.05) is 0 Å². The molecule has 4 heterocycles. The van der Waals surface area contributed by atoms with Gasteiger partial charge in [0.2, 0.25) is 53.2 Å². The molecule has 17 N–H and O–H groups in total. The van der Waals surface area contributed by atoms with Gasteiger partial charge in [-0.05, 0) is 110 Å². The maximum Gasteiger partial charge on any atom is 0.326 e. The summed E-state index contributed by atoms with van der Waals surface area (Å²) in [5.41, 5.74) is 16.6. The molecule has 0 aromatic carbocycles. The summed E-state index contributed by atoms with van der Waals surface area (Å²) >= 11 is 0. The zero-order chi connectivity index (χ0) is 54.6. The number of carbonyl (C=O) groups is 10. The van der Waals surface area contributed by atoms with E-state index >= 15 is 0 Å². The molecule has 9 amide bonds. The molecular weight excluding hydrogens is 969 g/mol. The van der Waals surface area contributed by atoms with Crippen LogP contribution in [0.1, 0.15) is 110 Å². The zero-order valence-electron chi connectivity index (χ0n) is 42.5. The van der Waals surface area contributed by atoms with Gasteiger partial charge in [0.15, 0.2) is 11.9 Å². The first-order valence-electron chi connectivity index (χ1n) is 25.6. The molecular formula is C46H78N16O12. The molecule has 28 heteroatoms. The summed E-state index contributed by atoms with van der Waals surface area (Å²) in [7, 11) is 0. The zero-order valence-corrected chi connectivity index (χ0v) is 42.5. The van der Waals surface area contributed by atoms with Crippen LogP contribution in [0.3, 0.4) is 0 Å². The van der Waals surface area contributed by atoms with Gasteiger partial charge in [0, 0.05) is 46.2 Å². The molecule has 0 unspecified atom stereocenters. The van der Waals surface area contributed by atoms with Crippen molar-refractivity contribution in [2.75, 3.05) is 52.4 Å². The van der Waals surface area contributed by atoms with E-state index in [-0.39, 0.29) is 103 Å². The number of guanidine groups is 2. The summed E-state index contributed by atoms with van der Waals surface area (Å²) in [6.45, 7) is 3.31. The number of carboxylic acids is 1. The normalized spacial score (nSPS) is 21.4. The minimum absolute atomic E-state index is 0.0365. The summed E-state index contributed by atoms with van der Waals surface area (Å²) in [4.78, 5) is 140. The van der Waals surface area contributed by atoms with Crippen LogP contribution in [-0.4, -0.2) is 208 Å². The first kappa shape index (κ1) is 59.7. The first-order valence-corrected chi connectivity index (χ1v) is 25.6. The molecule has 74 heavy (non-hydrogen) atoms. The van der Waals surface area contributed by atoms with E-state index in [1.54, 1.807) is 0 Å². The van der Waals surface area contributed by atoms with E-state index in [4.69, 9.17) is 28.0 Å². The minimum Gasteiger partial charge on any atom is -0.480 e. The monoisotopic (exact) mass is 1050 g/mol. The number of nitrogens with two attached hydrogens (primary N) is 3. The van der Waals surface area contributed by atoms with Crippen molar-refractivity contribution in [1.29, 1.82) is 10.8 Å². The highest BCUT2D eigenvalue weighted by Gasteiger charge is 2.44. The number of aliphatic hydroxyl groups excluding tert-OH is 1. The van der Waals surface area contributed by atoms with Crippen molar-refractivity contribution >= 4 is 71.1 Å². The molecule has 0 aromatic rings. The lowest BCUT2D eigenvalue weighted by Crippen LogP contribution is -2.59. The number of aliphatic carboxylic acids is 1. The molecule has 0 aromatic heterocycles. The summed E-state index contributed by atoms with van der Waals surface area (Å²) in [5.74, 6) is -7.42. The van der Waals surface area contributed by atoms with Crippen molar-refractivity contribution in [3.05, 3.63) is 0 Å². The smallest absolute Gasteiger partial charge is 0.326 e. The molecule has 4 saturated heterocycles. The second-order valence-corrected chi connectivity index (χ2v) is 19.2. The number of nitrogens with zero attached hydrogens (tertiary/aromatic N) is 4. The Balaban J connectivity index is 1.44. The molecule has 414 valence electrons. The Morgan fingerprint density at radius 2 is 0.973 bits per heavy atom. The second kappa shape index (κ2) is 29.2. The van der Waals surface area contributed by atoms with Crippen LogP contribution in [0.4, 0.5) is 0 Å². The Labute approximate surface area is 430 Å². The number of hydrogen-bond donors (Lipinski definition) is 14. The quantitative estimate of drug-likeness (QED) is 0.0208.